The summed E-state index contributed by atoms with van der Waals surface area (Å²) in [5, 5.41) is 4.05. The van der Waals surface area contributed by atoms with Crippen molar-refractivity contribution in [2.45, 2.75) is 70.8 Å². The molecule has 8 heteroatoms. The van der Waals surface area contributed by atoms with Crippen molar-refractivity contribution in [1.29, 1.82) is 0 Å². The topological polar surface area (TPSA) is 92.4 Å². The van der Waals surface area contributed by atoms with Crippen molar-refractivity contribution in [3.63, 3.8) is 0 Å². The molecule has 2 aromatic heterocycles. The van der Waals surface area contributed by atoms with Gasteiger partial charge in [-0.15, -0.1) is 0 Å². The molecule has 2 aromatic rings. The zero-order valence-electron chi connectivity index (χ0n) is 14.8. The van der Waals surface area contributed by atoms with Gasteiger partial charge in [0.05, 0.1) is 6.33 Å². The van der Waals surface area contributed by atoms with E-state index in [2.05, 4.69) is 31.9 Å². The van der Waals surface area contributed by atoms with Crippen LogP contribution in [-0.4, -0.2) is 26.1 Å². The summed E-state index contributed by atoms with van der Waals surface area (Å²) < 4.78 is 2.05. The zero-order valence-corrected chi connectivity index (χ0v) is 15.6. The number of azide groups is 1. The Morgan fingerprint density at radius 1 is 1.12 bits per heavy atom. The largest absolute Gasteiger partial charge is 0.312 e. The lowest BCUT2D eigenvalue weighted by Crippen LogP contribution is -2.10. The molecule has 0 saturated carbocycles. The number of nitrogens with zero attached hydrogens (tertiary/aromatic N) is 7. The van der Waals surface area contributed by atoms with E-state index >= 15 is 0 Å². The van der Waals surface area contributed by atoms with Gasteiger partial charge in [-0.25, -0.2) is 15.0 Å². The maximum Gasteiger partial charge on any atom is 0.165 e. The minimum atomic E-state index is 0.206. The highest BCUT2D eigenvalue weighted by molar-refractivity contribution is 6.33. The second-order valence-electron chi connectivity index (χ2n) is 6.30. The van der Waals surface area contributed by atoms with E-state index in [-0.39, 0.29) is 6.04 Å². The first-order chi connectivity index (χ1) is 12.3. The average molecular weight is 364 g/mol. The van der Waals surface area contributed by atoms with Crippen LogP contribution in [0.2, 0.25) is 5.15 Å². The Morgan fingerprint density at radius 3 is 2.64 bits per heavy atom. The summed E-state index contributed by atoms with van der Waals surface area (Å²) in [7, 11) is 0. The number of aromatic nitrogens is 4. The minimum absolute atomic E-state index is 0.206. The third-order valence-corrected chi connectivity index (χ3v) is 4.75. The average Bonchev–Trinajstić information content (AvgIpc) is 3.05. The van der Waals surface area contributed by atoms with Crippen LogP contribution in [0, 0.1) is 0 Å². The lowest BCUT2D eigenvalue weighted by Gasteiger charge is -2.18. The van der Waals surface area contributed by atoms with Crippen molar-refractivity contribution in [1.82, 2.24) is 19.5 Å². The van der Waals surface area contributed by atoms with Crippen LogP contribution in [0.4, 0.5) is 0 Å². The van der Waals surface area contributed by atoms with E-state index in [4.69, 9.17) is 17.1 Å². The van der Waals surface area contributed by atoms with Crippen LogP contribution in [0.25, 0.3) is 21.6 Å². The quantitative estimate of drug-likeness (QED) is 0.155. The normalized spacial score (nSPS) is 12.2. The number of hydrogen-bond acceptors (Lipinski definition) is 4. The summed E-state index contributed by atoms with van der Waals surface area (Å²) in [6.07, 6.45) is 13.9. The summed E-state index contributed by atoms with van der Waals surface area (Å²) in [6.45, 7) is 2.70. The van der Waals surface area contributed by atoms with Crippen LogP contribution in [0.5, 0.6) is 0 Å². The molecule has 1 atom stereocenters. The smallest absolute Gasteiger partial charge is 0.165 e. The van der Waals surface area contributed by atoms with Crippen molar-refractivity contribution in [3.05, 3.63) is 28.3 Å². The highest BCUT2D eigenvalue weighted by Gasteiger charge is 2.16. The number of halogens is 1. The number of hydrogen-bond donors (Lipinski definition) is 0. The third-order valence-electron chi connectivity index (χ3n) is 4.47. The Balaban J connectivity index is 1.97. The molecule has 0 aliphatic rings. The van der Waals surface area contributed by atoms with Gasteiger partial charge in [-0.1, -0.05) is 68.6 Å². The van der Waals surface area contributed by atoms with Gasteiger partial charge in [-0.3, -0.25) is 0 Å². The SMILES string of the molecule is CCCCCCCCC[C@H](CCN=[N+]=[N-])n1cnc2c(Cl)ncnc21. The predicted octanol–water partition coefficient (Wildman–Crippen LogP) is 5.86. The number of unbranched alkanes of at least 4 members (excludes halogenated alkanes) is 6. The molecule has 136 valence electrons. The second kappa shape index (κ2) is 10.9. The fraction of sp³-hybridized carbons (Fsp3) is 0.706. The second-order valence-corrected chi connectivity index (χ2v) is 6.65. The Labute approximate surface area is 153 Å². The molecular formula is C17H26ClN7. The Hall–Kier alpha value is -1.85. The van der Waals surface area contributed by atoms with E-state index in [1.165, 1.54) is 44.9 Å². The summed E-state index contributed by atoms with van der Waals surface area (Å²) in [6, 6.07) is 0.206. The monoisotopic (exact) mass is 363 g/mol. The Bertz CT molecular complexity index is 693. The highest BCUT2D eigenvalue weighted by Crippen LogP contribution is 2.26. The van der Waals surface area contributed by atoms with Crippen molar-refractivity contribution in [2.75, 3.05) is 6.54 Å². The molecule has 0 unspecified atom stereocenters. The molecular weight excluding hydrogens is 338 g/mol. The summed E-state index contributed by atoms with van der Waals surface area (Å²) in [4.78, 5) is 15.5. The third kappa shape index (κ3) is 5.87. The molecule has 0 radical (unpaired) electrons. The molecule has 2 heterocycles. The van der Waals surface area contributed by atoms with Crippen LogP contribution in [0.15, 0.2) is 17.8 Å². The van der Waals surface area contributed by atoms with Gasteiger partial charge in [0.1, 0.15) is 11.8 Å². The first-order valence-corrected chi connectivity index (χ1v) is 9.49. The molecule has 2 rings (SSSR count). The van der Waals surface area contributed by atoms with E-state index < -0.39 is 0 Å². The maximum atomic E-state index is 8.54. The Morgan fingerprint density at radius 2 is 1.88 bits per heavy atom. The number of rotatable bonds is 12. The lowest BCUT2D eigenvalue weighted by molar-refractivity contribution is 0.422. The molecule has 0 saturated heterocycles. The number of fused-ring (bicyclic) bond motifs is 1. The van der Waals surface area contributed by atoms with Gasteiger partial charge in [0.2, 0.25) is 0 Å². The highest BCUT2D eigenvalue weighted by atomic mass is 35.5. The molecule has 0 aromatic carbocycles. The summed E-state index contributed by atoms with van der Waals surface area (Å²) >= 11 is 6.10. The number of imidazole rings is 1. The van der Waals surface area contributed by atoms with Gasteiger partial charge < -0.3 is 4.57 Å². The molecule has 0 spiro atoms. The molecule has 0 N–H and O–H groups in total. The van der Waals surface area contributed by atoms with Gasteiger partial charge in [0.25, 0.3) is 0 Å². The van der Waals surface area contributed by atoms with E-state index in [0.717, 1.165) is 24.9 Å². The van der Waals surface area contributed by atoms with Crippen LogP contribution < -0.4 is 0 Å². The fourth-order valence-electron chi connectivity index (χ4n) is 3.10. The van der Waals surface area contributed by atoms with Gasteiger partial charge in [0, 0.05) is 17.5 Å². The predicted molar refractivity (Wildman–Crippen MR) is 101 cm³/mol. The standard InChI is InChI=1S/C17H26ClN7/c1-2-3-4-5-6-7-8-9-14(10-11-23-24-19)25-13-22-15-16(18)20-12-21-17(15)25/h12-14H,2-11H2,1H3/t14-/m1/s1. The van der Waals surface area contributed by atoms with Gasteiger partial charge in [0.15, 0.2) is 10.8 Å². The molecule has 0 amide bonds. The lowest BCUT2D eigenvalue weighted by atomic mass is 10.0. The van der Waals surface area contributed by atoms with Crippen molar-refractivity contribution in [3.8, 4) is 0 Å². The maximum absolute atomic E-state index is 8.54. The van der Waals surface area contributed by atoms with E-state index in [0.29, 0.717) is 17.2 Å². The summed E-state index contributed by atoms with van der Waals surface area (Å²) in [5.41, 5.74) is 9.90. The molecule has 0 bridgehead atoms. The van der Waals surface area contributed by atoms with Crippen LogP contribution in [0.1, 0.15) is 70.8 Å². The van der Waals surface area contributed by atoms with Crippen LogP contribution >= 0.6 is 11.6 Å². The first-order valence-electron chi connectivity index (χ1n) is 9.11. The minimum Gasteiger partial charge on any atom is -0.312 e. The van der Waals surface area contributed by atoms with E-state index in [1.807, 2.05) is 4.57 Å². The zero-order chi connectivity index (χ0) is 17.9. The van der Waals surface area contributed by atoms with Gasteiger partial charge >= 0.3 is 0 Å². The van der Waals surface area contributed by atoms with Crippen molar-refractivity contribution >= 4 is 22.8 Å². The molecule has 0 aliphatic carbocycles. The summed E-state index contributed by atoms with van der Waals surface area (Å²) in [5.74, 6) is 0. The van der Waals surface area contributed by atoms with Crippen LogP contribution in [-0.2, 0) is 0 Å². The van der Waals surface area contributed by atoms with E-state index in [1.54, 1.807) is 6.33 Å². The first kappa shape index (κ1) is 19.5. The molecule has 7 nitrogen and oxygen atoms in total. The Kier molecular flexibility index (Phi) is 8.49. The fourth-order valence-corrected chi connectivity index (χ4v) is 3.28. The molecule has 0 aliphatic heterocycles. The van der Waals surface area contributed by atoms with Crippen molar-refractivity contribution < 1.29 is 0 Å². The van der Waals surface area contributed by atoms with Gasteiger partial charge in [-0.05, 0) is 18.4 Å². The van der Waals surface area contributed by atoms with E-state index in [9.17, 15) is 0 Å². The van der Waals surface area contributed by atoms with Gasteiger partial charge in [-0.2, -0.15) is 0 Å². The van der Waals surface area contributed by atoms with Crippen LogP contribution in [0.3, 0.4) is 0 Å². The molecule has 0 fully saturated rings. The van der Waals surface area contributed by atoms with Crippen molar-refractivity contribution in [2.24, 2.45) is 5.11 Å². The molecule has 25 heavy (non-hydrogen) atoms.